The molecule has 3 saturated heterocycles. The lowest BCUT2D eigenvalue weighted by molar-refractivity contribution is -0.163. The minimum atomic E-state index is -1.16. The Labute approximate surface area is 202 Å². The molecule has 2 unspecified atom stereocenters. The third-order valence-corrected chi connectivity index (χ3v) is 7.75. The molecule has 0 radical (unpaired) electrons. The van der Waals surface area contributed by atoms with Crippen molar-refractivity contribution in [1.82, 2.24) is 9.80 Å². The second-order valence-electron chi connectivity index (χ2n) is 11.3. The van der Waals surface area contributed by atoms with Crippen molar-refractivity contribution < 1.29 is 29.0 Å². The molecule has 3 rings (SSSR count). The second-order valence-corrected chi connectivity index (χ2v) is 11.3. The number of amides is 2. The Balaban J connectivity index is 2.17. The number of hydrogen-bond donors (Lipinski definition) is 1. The summed E-state index contributed by atoms with van der Waals surface area (Å²) in [6.07, 6.45) is 4.15. The van der Waals surface area contributed by atoms with Crippen LogP contribution in [0.2, 0.25) is 0 Å². The van der Waals surface area contributed by atoms with Gasteiger partial charge in [-0.25, -0.2) is 0 Å². The summed E-state index contributed by atoms with van der Waals surface area (Å²) in [6, 6.07) is -1.55. The molecule has 190 valence electrons. The Morgan fingerprint density at radius 2 is 1.94 bits per heavy atom. The largest absolute Gasteiger partial charge is 0.461 e. The topological polar surface area (TPSA) is 96.4 Å². The summed E-state index contributed by atoms with van der Waals surface area (Å²) in [5, 5.41) is 10.3. The van der Waals surface area contributed by atoms with Crippen LogP contribution in [-0.4, -0.2) is 81.3 Å². The van der Waals surface area contributed by atoms with Crippen LogP contribution < -0.4 is 0 Å². The van der Waals surface area contributed by atoms with Gasteiger partial charge in [0.2, 0.25) is 11.8 Å². The summed E-state index contributed by atoms with van der Waals surface area (Å²) in [6.45, 7) is 18.9. The molecular formula is C26H40N2O6. The number of esters is 1. The molecule has 8 heteroatoms. The summed E-state index contributed by atoms with van der Waals surface area (Å²) >= 11 is 0. The van der Waals surface area contributed by atoms with Crippen molar-refractivity contribution in [2.45, 2.75) is 83.2 Å². The van der Waals surface area contributed by atoms with Gasteiger partial charge < -0.3 is 24.4 Å². The number of aliphatic hydroxyl groups excluding tert-OH is 1. The van der Waals surface area contributed by atoms with E-state index in [1.54, 1.807) is 11.0 Å². The van der Waals surface area contributed by atoms with Gasteiger partial charge in [0, 0.05) is 12.1 Å². The van der Waals surface area contributed by atoms with Crippen molar-refractivity contribution >= 4 is 17.8 Å². The number of carbonyl (C=O) groups is 3. The van der Waals surface area contributed by atoms with E-state index >= 15 is 0 Å². The first-order valence-electron chi connectivity index (χ1n) is 12.1. The maximum atomic E-state index is 14.3. The van der Waals surface area contributed by atoms with Gasteiger partial charge in [0.25, 0.3) is 0 Å². The van der Waals surface area contributed by atoms with E-state index in [1.165, 1.54) is 11.0 Å². The van der Waals surface area contributed by atoms with E-state index in [9.17, 15) is 19.5 Å². The standard InChI is InChI=1S/C26H40N2O6/c1-9-13-27(24(5,6)7)22(31)20-26-12-11-25(8,34-26)19(23(32)33-14-10-2)18(26)21(30)28(20)17(15-29)16(3)4/h9-10,16-20,29H,1-2,11-15H2,3-8H3/t17-,18-,19+,20?,25-,26?/m0/s1. The number of hydrogen-bond acceptors (Lipinski definition) is 6. The highest BCUT2D eigenvalue weighted by molar-refractivity contribution is 5.99. The number of fused-ring (bicyclic) bond motifs is 1. The second kappa shape index (κ2) is 9.11. The first kappa shape index (κ1) is 26.4. The van der Waals surface area contributed by atoms with Crippen LogP contribution >= 0.6 is 0 Å². The van der Waals surface area contributed by atoms with E-state index in [4.69, 9.17) is 9.47 Å². The van der Waals surface area contributed by atoms with Crippen LogP contribution in [0.3, 0.4) is 0 Å². The van der Waals surface area contributed by atoms with Gasteiger partial charge in [-0.05, 0) is 46.5 Å². The van der Waals surface area contributed by atoms with Crippen LogP contribution in [0.25, 0.3) is 0 Å². The summed E-state index contributed by atoms with van der Waals surface area (Å²) in [5.74, 6) is -2.90. The average Bonchev–Trinajstić information content (AvgIpc) is 3.30. The van der Waals surface area contributed by atoms with Gasteiger partial charge in [-0.1, -0.05) is 32.6 Å². The molecule has 0 aromatic carbocycles. The van der Waals surface area contributed by atoms with E-state index in [1.807, 2.05) is 41.5 Å². The molecule has 2 amide bonds. The fourth-order valence-corrected chi connectivity index (χ4v) is 6.18. The fraction of sp³-hybridized carbons (Fsp3) is 0.731. The van der Waals surface area contributed by atoms with Gasteiger partial charge >= 0.3 is 5.97 Å². The molecule has 3 aliphatic rings. The van der Waals surface area contributed by atoms with Gasteiger partial charge in [-0.15, -0.1) is 6.58 Å². The lowest BCUT2D eigenvalue weighted by Crippen LogP contribution is -2.62. The molecule has 3 heterocycles. The van der Waals surface area contributed by atoms with Crippen molar-refractivity contribution in [3.8, 4) is 0 Å². The van der Waals surface area contributed by atoms with Crippen LogP contribution in [0.1, 0.15) is 54.4 Å². The Bertz CT molecular complexity index is 864. The Morgan fingerprint density at radius 3 is 2.44 bits per heavy atom. The first-order valence-corrected chi connectivity index (χ1v) is 12.1. The molecule has 3 fully saturated rings. The highest BCUT2D eigenvalue weighted by Crippen LogP contribution is 2.64. The van der Waals surface area contributed by atoms with Crippen molar-refractivity contribution in [3.05, 3.63) is 25.3 Å². The minimum absolute atomic E-state index is 0.0355. The van der Waals surface area contributed by atoms with Crippen LogP contribution in [0.5, 0.6) is 0 Å². The molecule has 0 aromatic rings. The predicted octanol–water partition coefficient (Wildman–Crippen LogP) is 2.31. The molecule has 1 spiro atoms. The quantitative estimate of drug-likeness (QED) is 0.405. The molecule has 0 aromatic heterocycles. The highest BCUT2D eigenvalue weighted by Gasteiger charge is 2.79. The van der Waals surface area contributed by atoms with Crippen LogP contribution in [-0.2, 0) is 23.9 Å². The predicted molar refractivity (Wildman–Crippen MR) is 128 cm³/mol. The third kappa shape index (κ3) is 3.88. The molecule has 2 bridgehead atoms. The molecular weight excluding hydrogens is 436 g/mol. The molecule has 6 atom stereocenters. The molecule has 3 aliphatic heterocycles. The average molecular weight is 477 g/mol. The van der Waals surface area contributed by atoms with Gasteiger partial charge in [0.1, 0.15) is 24.2 Å². The van der Waals surface area contributed by atoms with E-state index in [0.29, 0.717) is 19.4 Å². The fourth-order valence-electron chi connectivity index (χ4n) is 6.18. The molecule has 0 aliphatic carbocycles. The summed E-state index contributed by atoms with van der Waals surface area (Å²) in [7, 11) is 0. The molecule has 34 heavy (non-hydrogen) atoms. The molecule has 0 saturated carbocycles. The maximum Gasteiger partial charge on any atom is 0.313 e. The van der Waals surface area contributed by atoms with E-state index in [0.717, 1.165) is 0 Å². The van der Waals surface area contributed by atoms with Gasteiger partial charge in [-0.2, -0.15) is 0 Å². The van der Waals surface area contributed by atoms with Gasteiger partial charge in [0.05, 0.1) is 24.2 Å². The Kier molecular flexibility index (Phi) is 7.08. The maximum absolute atomic E-state index is 14.3. The SMILES string of the molecule is C=CCOC(=O)[C@H]1[C@H]2C(=O)N([C@@H](CO)C(C)C)C(C(=O)N(CC=C)C(C)(C)C)C23CC[C@]1(C)O3. The number of carbonyl (C=O) groups excluding carboxylic acids is 3. The third-order valence-electron chi connectivity index (χ3n) is 7.75. The highest BCUT2D eigenvalue weighted by atomic mass is 16.6. The number of aliphatic hydroxyl groups is 1. The zero-order valence-electron chi connectivity index (χ0n) is 21.4. The van der Waals surface area contributed by atoms with Crippen molar-refractivity contribution in [2.24, 2.45) is 17.8 Å². The van der Waals surface area contributed by atoms with Crippen LogP contribution in [0.15, 0.2) is 25.3 Å². The monoisotopic (exact) mass is 476 g/mol. The van der Waals surface area contributed by atoms with Crippen LogP contribution in [0.4, 0.5) is 0 Å². The number of likely N-dealkylation sites (tertiary alicyclic amines) is 1. The van der Waals surface area contributed by atoms with Gasteiger partial charge in [-0.3, -0.25) is 14.4 Å². The number of ether oxygens (including phenoxy) is 2. The number of rotatable bonds is 9. The van der Waals surface area contributed by atoms with Gasteiger partial charge in [0.15, 0.2) is 0 Å². The minimum Gasteiger partial charge on any atom is -0.461 e. The Hall–Kier alpha value is -2.19. The normalized spacial score (nSPS) is 33.1. The summed E-state index contributed by atoms with van der Waals surface area (Å²) < 4.78 is 12.0. The van der Waals surface area contributed by atoms with Crippen molar-refractivity contribution in [1.29, 1.82) is 0 Å². The van der Waals surface area contributed by atoms with Crippen molar-refractivity contribution in [3.63, 3.8) is 0 Å². The van der Waals surface area contributed by atoms with Crippen molar-refractivity contribution in [2.75, 3.05) is 19.8 Å². The Morgan fingerprint density at radius 1 is 1.29 bits per heavy atom. The van der Waals surface area contributed by atoms with E-state index < -0.39 is 46.6 Å². The lowest BCUT2D eigenvalue weighted by Gasteiger charge is -2.44. The zero-order valence-corrected chi connectivity index (χ0v) is 21.4. The smallest absolute Gasteiger partial charge is 0.313 e. The van der Waals surface area contributed by atoms with Crippen LogP contribution in [0, 0.1) is 17.8 Å². The first-order chi connectivity index (χ1) is 15.8. The van der Waals surface area contributed by atoms with E-state index in [2.05, 4.69) is 13.2 Å². The van der Waals surface area contributed by atoms with E-state index in [-0.39, 0.29) is 30.9 Å². The summed E-state index contributed by atoms with van der Waals surface area (Å²) in [5.41, 5.74) is -2.60. The lowest BCUT2D eigenvalue weighted by atomic mass is 9.66. The number of nitrogens with zero attached hydrogens (tertiary/aromatic N) is 2. The molecule has 1 N–H and O–H groups in total. The molecule has 8 nitrogen and oxygen atoms in total. The zero-order chi connectivity index (χ0) is 25.6. The summed E-state index contributed by atoms with van der Waals surface area (Å²) in [4.78, 5) is 44.7.